The summed E-state index contributed by atoms with van der Waals surface area (Å²) in [5.41, 5.74) is 0.194. The highest BCUT2D eigenvalue weighted by Crippen LogP contribution is 2.22. The fourth-order valence-corrected chi connectivity index (χ4v) is 2.02. The molecule has 19 heavy (non-hydrogen) atoms. The summed E-state index contributed by atoms with van der Waals surface area (Å²) in [6.07, 6.45) is 0.0361. The maximum atomic E-state index is 11.9. The molecule has 1 rings (SSSR count). The molecule has 0 fully saturated rings. The highest BCUT2D eigenvalue weighted by atomic mass is 35.5. The molecule has 0 aliphatic heterocycles. The number of nitrogens with one attached hydrogen (secondary N) is 1. The van der Waals surface area contributed by atoms with E-state index in [0.29, 0.717) is 28.6 Å². The number of aliphatic hydroxyl groups is 1. The Bertz CT molecular complexity index is 455. The summed E-state index contributed by atoms with van der Waals surface area (Å²) in [5.74, 6) is -0.261. The lowest BCUT2D eigenvalue weighted by Crippen LogP contribution is -2.32. The largest absolute Gasteiger partial charge is 0.393 e. The van der Waals surface area contributed by atoms with Gasteiger partial charge in [0.2, 0.25) is 0 Å². The van der Waals surface area contributed by atoms with Gasteiger partial charge in [-0.2, -0.15) is 0 Å². The zero-order chi connectivity index (χ0) is 14.6. The highest BCUT2D eigenvalue weighted by Gasteiger charge is 2.21. The van der Waals surface area contributed by atoms with Gasteiger partial charge in [0.15, 0.2) is 0 Å². The number of rotatable bonds is 4. The molecular weight excluding hydrogens is 285 g/mol. The van der Waals surface area contributed by atoms with Crippen LogP contribution in [0.4, 0.5) is 0 Å². The monoisotopic (exact) mass is 303 g/mol. The Morgan fingerprint density at radius 3 is 2.53 bits per heavy atom. The van der Waals surface area contributed by atoms with Gasteiger partial charge in [0, 0.05) is 11.6 Å². The number of aliphatic hydroxyl groups excluding tert-OH is 1. The zero-order valence-corrected chi connectivity index (χ0v) is 12.8. The van der Waals surface area contributed by atoms with Gasteiger partial charge in [-0.15, -0.1) is 0 Å². The van der Waals surface area contributed by atoms with Crippen molar-refractivity contribution in [3.8, 4) is 0 Å². The van der Waals surface area contributed by atoms with Gasteiger partial charge in [0.1, 0.15) is 0 Å². The highest BCUT2D eigenvalue weighted by molar-refractivity contribution is 6.36. The third-order valence-electron chi connectivity index (χ3n) is 2.88. The van der Waals surface area contributed by atoms with Crippen LogP contribution >= 0.6 is 23.2 Å². The van der Waals surface area contributed by atoms with Crippen molar-refractivity contribution in [2.45, 2.75) is 33.3 Å². The van der Waals surface area contributed by atoms with E-state index in [4.69, 9.17) is 23.2 Å². The van der Waals surface area contributed by atoms with E-state index >= 15 is 0 Å². The van der Waals surface area contributed by atoms with E-state index in [1.165, 1.54) is 6.07 Å². The van der Waals surface area contributed by atoms with Gasteiger partial charge in [0.05, 0.1) is 16.7 Å². The molecule has 106 valence electrons. The number of amides is 1. The summed E-state index contributed by atoms with van der Waals surface area (Å²) >= 11 is 11.7. The van der Waals surface area contributed by atoms with Crippen molar-refractivity contribution in [2.24, 2.45) is 5.41 Å². The van der Waals surface area contributed by atoms with Gasteiger partial charge in [-0.1, -0.05) is 44.0 Å². The third-order valence-corrected chi connectivity index (χ3v) is 3.43. The van der Waals surface area contributed by atoms with Crippen LogP contribution in [0.25, 0.3) is 0 Å². The fraction of sp³-hybridized carbons (Fsp3) is 0.500. The molecule has 5 heteroatoms. The summed E-state index contributed by atoms with van der Waals surface area (Å²) in [6.45, 7) is 6.26. The van der Waals surface area contributed by atoms with E-state index in [2.05, 4.69) is 5.32 Å². The Kier molecular flexibility index (Phi) is 5.65. The minimum Gasteiger partial charge on any atom is -0.393 e. The van der Waals surface area contributed by atoms with Crippen molar-refractivity contribution in [2.75, 3.05) is 6.54 Å². The predicted octanol–water partition coefficient (Wildman–Crippen LogP) is 3.52. The van der Waals surface area contributed by atoms with Gasteiger partial charge in [0.25, 0.3) is 5.91 Å². The number of halogens is 2. The Morgan fingerprint density at radius 1 is 1.37 bits per heavy atom. The van der Waals surface area contributed by atoms with Gasteiger partial charge >= 0.3 is 0 Å². The topological polar surface area (TPSA) is 49.3 Å². The molecule has 0 radical (unpaired) electrons. The molecule has 0 saturated heterocycles. The van der Waals surface area contributed by atoms with Crippen LogP contribution in [0, 0.1) is 5.41 Å². The number of hydrogen-bond acceptors (Lipinski definition) is 2. The third kappa shape index (κ3) is 5.01. The first-order valence-electron chi connectivity index (χ1n) is 6.13. The van der Waals surface area contributed by atoms with Gasteiger partial charge < -0.3 is 10.4 Å². The molecule has 1 unspecified atom stereocenters. The first kappa shape index (κ1) is 16.3. The molecule has 0 aromatic heterocycles. The van der Waals surface area contributed by atoms with Crippen molar-refractivity contribution in [1.82, 2.24) is 5.32 Å². The summed E-state index contributed by atoms with van der Waals surface area (Å²) in [5, 5.41) is 13.4. The van der Waals surface area contributed by atoms with Gasteiger partial charge in [-0.25, -0.2) is 0 Å². The Morgan fingerprint density at radius 2 is 2.00 bits per heavy atom. The van der Waals surface area contributed by atoms with Crippen LogP contribution in [0.3, 0.4) is 0 Å². The van der Waals surface area contributed by atoms with E-state index in [9.17, 15) is 9.90 Å². The Labute approximate surface area is 123 Å². The number of carbonyl (C=O) groups excluding carboxylic acids is 1. The zero-order valence-electron chi connectivity index (χ0n) is 11.3. The van der Waals surface area contributed by atoms with Crippen LogP contribution in [-0.2, 0) is 0 Å². The predicted molar refractivity (Wildman–Crippen MR) is 78.9 cm³/mol. The molecule has 0 aliphatic rings. The van der Waals surface area contributed by atoms with Crippen molar-refractivity contribution in [3.63, 3.8) is 0 Å². The minimum absolute atomic E-state index is 0.192. The fourth-order valence-electron chi connectivity index (χ4n) is 1.52. The van der Waals surface area contributed by atoms with Crippen LogP contribution in [0.2, 0.25) is 10.0 Å². The Hall–Kier alpha value is -0.770. The number of hydrogen-bond donors (Lipinski definition) is 2. The first-order valence-corrected chi connectivity index (χ1v) is 6.88. The second kappa shape index (κ2) is 6.60. The molecule has 0 saturated carbocycles. The molecule has 2 N–H and O–H groups in total. The molecule has 0 heterocycles. The summed E-state index contributed by atoms with van der Waals surface area (Å²) in [4.78, 5) is 11.9. The lowest BCUT2D eigenvalue weighted by Gasteiger charge is -2.25. The molecular formula is C14H19Cl2NO2. The molecule has 1 aromatic rings. The van der Waals surface area contributed by atoms with Crippen molar-refractivity contribution >= 4 is 29.1 Å². The lowest BCUT2D eigenvalue weighted by atomic mass is 9.87. The summed E-state index contributed by atoms with van der Waals surface area (Å²) in [6, 6.07) is 4.73. The Balaban J connectivity index is 2.52. The molecule has 1 aromatic carbocycles. The van der Waals surface area contributed by atoms with E-state index in [0.717, 1.165) is 0 Å². The normalized spacial score (nSPS) is 13.2. The van der Waals surface area contributed by atoms with Gasteiger partial charge in [-0.05, 0) is 30.0 Å². The molecule has 1 atom stereocenters. The summed E-state index contributed by atoms with van der Waals surface area (Å²) < 4.78 is 0. The lowest BCUT2D eigenvalue weighted by molar-refractivity contribution is 0.0551. The van der Waals surface area contributed by atoms with Crippen LogP contribution in [0.5, 0.6) is 0 Å². The number of benzene rings is 1. The molecule has 0 bridgehead atoms. The molecule has 0 aliphatic carbocycles. The SMILES string of the molecule is CC(C)(C)C(O)CCNC(=O)c1ccc(Cl)cc1Cl. The standard InChI is InChI=1S/C14H19Cl2NO2/c1-14(2,3)12(18)6-7-17-13(19)10-5-4-9(15)8-11(10)16/h4-5,8,12,18H,6-7H2,1-3H3,(H,17,19). The number of carbonyl (C=O) groups is 1. The average molecular weight is 304 g/mol. The second-order valence-electron chi connectivity index (χ2n) is 5.55. The van der Waals surface area contributed by atoms with E-state index in [1.807, 2.05) is 20.8 Å². The van der Waals surface area contributed by atoms with Crippen LogP contribution < -0.4 is 5.32 Å². The van der Waals surface area contributed by atoms with Crippen molar-refractivity contribution in [1.29, 1.82) is 0 Å². The van der Waals surface area contributed by atoms with Crippen LogP contribution in [0.1, 0.15) is 37.6 Å². The van der Waals surface area contributed by atoms with Crippen LogP contribution in [-0.4, -0.2) is 23.7 Å². The summed E-state index contributed by atoms with van der Waals surface area (Å²) in [7, 11) is 0. The van der Waals surface area contributed by atoms with E-state index < -0.39 is 6.10 Å². The first-order chi connectivity index (χ1) is 8.71. The van der Waals surface area contributed by atoms with E-state index in [-0.39, 0.29) is 11.3 Å². The maximum absolute atomic E-state index is 11.9. The maximum Gasteiger partial charge on any atom is 0.252 e. The molecule has 0 spiro atoms. The van der Waals surface area contributed by atoms with Crippen molar-refractivity contribution < 1.29 is 9.90 Å². The van der Waals surface area contributed by atoms with Gasteiger partial charge in [-0.3, -0.25) is 4.79 Å². The second-order valence-corrected chi connectivity index (χ2v) is 6.39. The quantitative estimate of drug-likeness (QED) is 0.894. The van der Waals surface area contributed by atoms with E-state index in [1.54, 1.807) is 12.1 Å². The average Bonchev–Trinajstić information content (AvgIpc) is 2.27. The smallest absolute Gasteiger partial charge is 0.252 e. The molecule has 1 amide bonds. The van der Waals surface area contributed by atoms with Crippen LogP contribution in [0.15, 0.2) is 18.2 Å². The van der Waals surface area contributed by atoms with Crippen molar-refractivity contribution in [3.05, 3.63) is 33.8 Å². The molecule has 3 nitrogen and oxygen atoms in total. The minimum atomic E-state index is -0.464.